The summed E-state index contributed by atoms with van der Waals surface area (Å²) in [7, 11) is 0. The zero-order valence-electron chi connectivity index (χ0n) is 6.27. The summed E-state index contributed by atoms with van der Waals surface area (Å²) in [6.45, 7) is 1.34. The fourth-order valence-electron chi connectivity index (χ4n) is 1.13. The molecular weight excluding hydrogens is 142 g/mol. The summed E-state index contributed by atoms with van der Waals surface area (Å²) in [5.74, 6) is 1.62. The van der Waals surface area contributed by atoms with Crippen LogP contribution in [0.3, 0.4) is 0 Å². The molecule has 0 atom stereocenters. The second kappa shape index (κ2) is 2.58. The van der Waals surface area contributed by atoms with E-state index in [0.29, 0.717) is 12.5 Å². The Bertz CT molecular complexity index is 239. The van der Waals surface area contributed by atoms with E-state index in [9.17, 15) is 0 Å². The van der Waals surface area contributed by atoms with Gasteiger partial charge in [0.2, 0.25) is 0 Å². The summed E-state index contributed by atoms with van der Waals surface area (Å²) in [6, 6.07) is 0. The van der Waals surface area contributed by atoms with Gasteiger partial charge in [-0.3, -0.25) is 0 Å². The predicted octanol–water partition coefficient (Wildman–Crippen LogP) is -0.491. The van der Waals surface area contributed by atoms with E-state index in [4.69, 9.17) is 5.73 Å². The zero-order chi connectivity index (χ0) is 7.68. The Balaban J connectivity index is 2.16. The second-order valence-corrected chi connectivity index (χ2v) is 2.82. The number of tetrazole rings is 1. The van der Waals surface area contributed by atoms with Crippen LogP contribution < -0.4 is 5.73 Å². The number of rotatable bonds is 3. The van der Waals surface area contributed by atoms with E-state index in [1.54, 1.807) is 4.68 Å². The van der Waals surface area contributed by atoms with Gasteiger partial charge in [0.25, 0.3) is 0 Å². The Morgan fingerprint density at radius 3 is 3.00 bits per heavy atom. The summed E-state index contributed by atoms with van der Waals surface area (Å²) >= 11 is 0. The molecule has 1 fully saturated rings. The lowest BCUT2D eigenvalue weighted by Crippen LogP contribution is -2.13. The molecule has 60 valence electrons. The van der Waals surface area contributed by atoms with Crippen LogP contribution in [0.1, 0.15) is 24.6 Å². The molecule has 5 heteroatoms. The minimum Gasteiger partial charge on any atom is -0.329 e. The molecule has 2 rings (SSSR count). The van der Waals surface area contributed by atoms with Crippen molar-refractivity contribution in [1.29, 1.82) is 0 Å². The Morgan fingerprint density at radius 1 is 1.55 bits per heavy atom. The lowest BCUT2D eigenvalue weighted by molar-refractivity contribution is 0.573. The van der Waals surface area contributed by atoms with Gasteiger partial charge in [0.05, 0.1) is 6.54 Å². The Kier molecular flexibility index (Phi) is 1.58. The highest BCUT2D eigenvalue weighted by atomic mass is 15.5. The minimum absolute atomic E-state index is 0.602. The Labute approximate surface area is 64.6 Å². The van der Waals surface area contributed by atoms with Gasteiger partial charge in [0.1, 0.15) is 0 Å². The fraction of sp³-hybridized carbons (Fsp3) is 0.833. The van der Waals surface area contributed by atoms with Crippen LogP contribution in [0.2, 0.25) is 0 Å². The van der Waals surface area contributed by atoms with E-state index in [-0.39, 0.29) is 0 Å². The van der Waals surface area contributed by atoms with E-state index < -0.39 is 0 Å². The molecule has 1 aliphatic carbocycles. The Hall–Kier alpha value is -0.970. The molecule has 0 unspecified atom stereocenters. The van der Waals surface area contributed by atoms with Crippen molar-refractivity contribution >= 4 is 0 Å². The van der Waals surface area contributed by atoms with Crippen LogP contribution in [0.4, 0.5) is 0 Å². The van der Waals surface area contributed by atoms with E-state index in [1.165, 1.54) is 12.8 Å². The topological polar surface area (TPSA) is 69.6 Å². The standard InChI is InChI=1S/C6H11N5/c7-3-4-11-6(5-1-2-5)8-9-10-11/h5H,1-4,7H2. The number of hydrogen-bond acceptors (Lipinski definition) is 4. The van der Waals surface area contributed by atoms with Gasteiger partial charge in [-0.05, 0) is 23.3 Å². The third-order valence-electron chi connectivity index (χ3n) is 1.84. The molecule has 1 aromatic heterocycles. The van der Waals surface area contributed by atoms with Crippen LogP contribution in [0.15, 0.2) is 0 Å². The van der Waals surface area contributed by atoms with Crippen molar-refractivity contribution in [3.63, 3.8) is 0 Å². The maximum Gasteiger partial charge on any atom is 0.154 e. The molecule has 0 aliphatic heterocycles. The van der Waals surface area contributed by atoms with E-state index in [1.807, 2.05) is 0 Å². The van der Waals surface area contributed by atoms with Crippen LogP contribution in [-0.4, -0.2) is 26.8 Å². The lowest BCUT2D eigenvalue weighted by atomic mass is 10.4. The van der Waals surface area contributed by atoms with Gasteiger partial charge in [-0.2, -0.15) is 0 Å². The highest BCUT2D eigenvalue weighted by molar-refractivity contribution is 5.02. The highest BCUT2D eigenvalue weighted by Gasteiger charge is 2.29. The molecule has 0 radical (unpaired) electrons. The van der Waals surface area contributed by atoms with Crippen LogP contribution in [0.25, 0.3) is 0 Å². The molecule has 0 saturated heterocycles. The van der Waals surface area contributed by atoms with E-state index >= 15 is 0 Å². The SMILES string of the molecule is NCCn1nnnc1C1CC1. The largest absolute Gasteiger partial charge is 0.329 e. The van der Waals surface area contributed by atoms with Gasteiger partial charge in [-0.25, -0.2) is 4.68 Å². The number of nitrogens with two attached hydrogens (primary N) is 1. The molecule has 1 aromatic rings. The van der Waals surface area contributed by atoms with Crippen molar-refractivity contribution in [2.45, 2.75) is 25.3 Å². The quantitative estimate of drug-likeness (QED) is 0.636. The first kappa shape index (κ1) is 6.72. The van der Waals surface area contributed by atoms with Crippen molar-refractivity contribution in [3.05, 3.63) is 5.82 Å². The van der Waals surface area contributed by atoms with Crippen LogP contribution in [0, 0.1) is 0 Å². The van der Waals surface area contributed by atoms with Gasteiger partial charge >= 0.3 is 0 Å². The highest BCUT2D eigenvalue weighted by Crippen LogP contribution is 2.38. The number of nitrogens with zero attached hydrogens (tertiary/aromatic N) is 4. The monoisotopic (exact) mass is 153 g/mol. The minimum atomic E-state index is 0.602. The van der Waals surface area contributed by atoms with E-state index in [0.717, 1.165) is 12.4 Å². The van der Waals surface area contributed by atoms with Gasteiger partial charge in [-0.15, -0.1) is 5.10 Å². The van der Waals surface area contributed by atoms with Gasteiger partial charge < -0.3 is 5.73 Å². The molecule has 2 N–H and O–H groups in total. The molecule has 1 heterocycles. The third kappa shape index (κ3) is 1.23. The van der Waals surface area contributed by atoms with Gasteiger partial charge in [-0.1, -0.05) is 0 Å². The van der Waals surface area contributed by atoms with Crippen LogP contribution in [-0.2, 0) is 6.54 Å². The Morgan fingerprint density at radius 2 is 2.36 bits per heavy atom. The molecular formula is C6H11N5. The van der Waals surface area contributed by atoms with E-state index in [2.05, 4.69) is 15.5 Å². The zero-order valence-corrected chi connectivity index (χ0v) is 6.27. The fourth-order valence-corrected chi connectivity index (χ4v) is 1.13. The van der Waals surface area contributed by atoms with Crippen molar-refractivity contribution < 1.29 is 0 Å². The molecule has 11 heavy (non-hydrogen) atoms. The van der Waals surface area contributed by atoms with Crippen molar-refractivity contribution in [1.82, 2.24) is 20.2 Å². The summed E-state index contributed by atoms with van der Waals surface area (Å²) < 4.78 is 1.80. The normalized spacial score (nSPS) is 17.2. The molecule has 0 amide bonds. The lowest BCUT2D eigenvalue weighted by Gasteiger charge is -1.98. The predicted molar refractivity (Wildman–Crippen MR) is 38.8 cm³/mol. The summed E-state index contributed by atoms with van der Waals surface area (Å²) in [5, 5.41) is 11.4. The van der Waals surface area contributed by atoms with Crippen molar-refractivity contribution in [2.75, 3.05) is 6.54 Å². The number of aromatic nitrogens is 4. The molecule has 0 spiro atoms. The summed E-state index contributed by atoms with van der Waals surface area (Å²) in [4.78, 5) is 0. The number of hydrogen-bond donors (Lipinski definition) is 1. The van der Waals surface area contributed by atoms with Crippen LogP contribution >= 0.6 is 0 Å². The smallest absolute Gasteiger partial charge is 0.154 e. The summed E-state index contributed by atoms with van der Waals surface area (Å²) in [6.07, 6.45) is 2.45. The maximum atomic E-state index is 5.39. The summed E-state index contributed by atoms with van der Waals surface area (Å²) in [5.41, 5.74) is 5.39. The first-order chi connectivity index (χ1) is 5.42. The maximum absolute atomic E-state index is 5.39. The van der Waals surface area contributed by atoms with Crippen molar-refractivity contribution in [3.8, 4) is 0 Å². The molecule has 0 aromatic carbocycles. The molecule has 1 aliphatic rings. The molecule has 0 bridgehead atoms. The first-order valence-corrected chi connectivity index (χ1v) is 3.88. The average molecular weight is 153 g/mol. The van der Waals surface area contributed by atoms with Gasteiger partial charge in [0.15, 0.2) is 5.82 Å². The first-order valence-electron chi connectivity index (χ1n) is 3.88. The average Bonchev–Trinajstić information content (AvgIpc) is 2.75. The molecule has 1 saturated carbocycles. The van der Waals surface area contributed by atoms with Gasteiger partial charge in [0, 0.05) is 12.5 Å². The third-order valence-corrected chi connectivity index (χ3v) is 1.84. The molecule has 5 nitrogen and oxygen atoms in total. The van der Waals surface area contributed by atoms with Crippen LogP contribution in [0.5, 0.6) is 0 Å². The second-order valence-electron chi connectivity index (χ2n) is 2.82. The van der Waals surface area contributed by atoms with Crippen molar-refractivity contribution in [2.24, 2.45) is 5.73 Å².